The van der Waals surface area contributed by atoms with Crippen LogP contribution in [0.4, 0.5) is 4.39 Å². The Morgan fingerprint density at radius 2 is 1.80 bits per heavy atom. The zero-order valence-electron chi connectivity index (χ0n) is 18.7. The number of halogens is 1. The minimum Gasteiger partial charge on any atom is -0.494 e. The Labute approximate surface area is 185 Å². The van der Waals surface area contributed by atoms with Gasteiger partial charge in [-0.15, -0.1) is 11.8 Å². The van der Waals surface area contributed by atoms with Gasteiger partial charge in [0.05, 0.1) is 13.2 Å². The smallest absolute Gasteiger partial charge is 0.165 e. The van der Waals surface area contributed by atoms with Crippen molar-refractivity contribution in [2.75, 3.05) is 12.9 Å². The van der Waals surface area contributed by atoms with Crippen LogP contribution in [-0.2, 0) is 0 Å². The molecule has 0 radical (unpaired) electrons. The number of fused-ring (bicyclic) bond motifs is 1. The van der Waals surface area contributed by atoms with Crippen LogP contribution in [0.15, 0.2) is 41.3 Å². The van der Waals surface area contributed by atoms with E-state index in [1.54, 1.807) is 6.07 Å². The molecule has 1 heterocycles. The molecule has 0 aliphatic carbocycles. The number of benzene rings is 2. The second-order valence-corrected chi connectivity index (χ2v) is 9.73. The third-order valence-corrected chi connectivity index (χ3v) is 7.95. The molecule has 2 nitrogen and oxygen atoms in total. The standard InChI is InChI=1S/C26H35FO2S/c1-5-7-13-26(14-8-6-2)17-30-23-12-9-18(3)15-20(23)24(25(26)28)19-10-11-21(27)22(16-19)29-4/h9-12,15-16,24-25,28H,5-8,13-14,17H2,1-4H3/t24-,25-/m1/s1. The highest BCUT2D eigenvalue weighted by Crippen LogP contribution is 2.51. The van der Waals surface area contributed by atoms with Crippen LogP contribution in [0.25, 0.3) is 0 Å². The van der Waals surface area contributed by atoms with E-state index in [1.807, 2.05) is 17.8 Å². The molecule has 2 atom stereocenters. The van der Waals surface area contributed by atoms with E-state index in [9.17, 15) is 9.50 Å². The van der Waals surface area contributed by atoms with Crippen LogP contribution >= 0.6 is 11.8 Å². The third kappa shape index (κ3) is 4.70. The molecule has 0 saturated carbocycles. The molecular weight excluding hydrogens is 395 g/mol. The summed E-state index contributed by atoms with van der Waals surface area (Å²) in [5.41, 5.74) is 3.09. The molecule has 1 aliphatic heterocycles. The Morgan fingerprint density at radius 3 is 2.43 bits per heavy atom. The minimum atomic E-state index is -0.527. The highest BCUT2D eigenvalue weighted by molar-refractivity contribution is 7.99. The number of rotatable bonds is 8. The fourth-order valence-electron chi connectivity index (χ4n) is 4.73. The second-order valence-electron chi connectivity index (χ2n) is 8.72. The van der Waals surface area contributed by atoms with Crippen LogP contribution in [0.5, 0.6) is 5.75 Å². The molecule has 1 N–H and O–H groups in total. The number of ether oxygens (including phenoxy) is 1. The van der Waals surface area contributed by atoms with Gasteiger partial charge in [0.15, 0.2) is 11.6 Å². The maximum atomic E-state index is 14.2. The molecule has 0 saturated heterocycles. The minimum absolute atomic E-state index is 0.157. The predicted octanol–water partition coefficient (Wildman–Crippen LogP) is 7.11. The van der Waals surface area contributed by atoms with Gasteiger partial charge in [-0.1, -0.05) is 63.3 Å². The lowest BCUT2D eigenvalue weighted by Crippen LogP contribution is -2.41. The van der Waals surface area contributed by atoms with Gasteiger partial charge in [0.1, 0.15) is 0 Å². The molecule has 1 aliphatic rings. The highest BCUT2D eigenvalue weighted by atomic mass is 32.2. The number of thioether (sulfide) groups is 1. The Kier molecular flexibility index (Phi) is 7.86. The molecular formula is C26H35FO2S. The van der Waals surface area contributed by atoms with Gasteiger partial charge in [-0.05, 0) is 49.1 Å². The normalized spacial score (nSPS) is 20.5. The lowest BCUT2D eigenvalue weighted by molar-refractivity contribution is 0.0135. The maximum absolute atomic E-state index is 14.2. The van der Waals surface area contributed by atoms with Crippen LogP contribution in [-0.4, -0.2) is 24.1 Å². The van der Waals surface area contributed by atoms with Crippen LogP contribution in [0.1, 0.15) is 75.0 Å². The zero-order chi connectivity index (χ0) is 21.7. The van der Waals surface area contributed by atoms with E-state index < -0.39 is 6.10 Å². The first-order valence-corrected chi connectivity index (χ1v) is 12.2. The van der Waals surface area contributed by atoms with E-state index in [2.05, 4.69) is 39.0 Å². The van der Waals surface area contributed by atoms with Crippen LogP contribution in [0, 0.1) is 18.2 Å². The molecule has 0 aromatic heterocycles. The first kappa shape index (κ1) is 23.1. The van der Waals surface area contributed by atoms with E-state index in [0.717, 1.165) is 55.4 Å². The Hall–Kier alpha value is -1.52. The van der Waals surface area contributed by atoms with Crippen molar-refractivity contribution in [2.45, 2.75) is 76.2 Å². The van der Waals surface area contributed by atoms with Gasteiger partial charge in [-0.2, -0.15) is 0 Å². The lowest BCUT2D eigenvalue weighted by atomic mass is 9.68. The molecule has 3 rings (SSSR count). The van der Waals surface area contributed by atoms with Gasteiger partial charge in [-0.3, -0.25) is 0 Å². The third-order valence-electron chi connectivity index (χ3n) is 6.55. The fraction of sp³-hybridized carbons (Fsp3) is 0.538. The van der Waals surface area contributed by atoms with E-state index in [-0.39, 0.29) is 22.9 Å². The summed E-state index contributed by atoms with van der Waals surface area (Å²) in [5.74, 6) is 0.585. The van der Waals surface area contributed by atoms with Crippen molar-refractivity contribution in [1.29, 1.82) is 0 Å². The fourth-order valence-corrected chi connectivity index (χ4v) is 6.15. The number of aliphatic hydroxyl groups is 1. The van der Waals surface area contributed by atoms with Gasteiger partial charge in [0, 0.05) is 22.0 Å². The summed E-state index contributed by atoms with van der Waals surface area (Å²) in [6, 6.07) is 11.6. The SMILES string of the molecule is CCCCC1(CCCC)CSc2ccc(C)cc2[C@@H](c2ccc(F)c(OC)c2)[C@H]1O. The topological polar surface area (TPSA) is 29.5 Å². The molecule has 0 amide bonds. The average molecular weight is 431 g/mol. The van der Waals surface area contributed by atoms with Crippen molar-refractivity contribution in [3.8, 4) is 5.75 Å². The Balaban J connectivity index is 2.16. The van der Waals surface area contributed by atoms with Crippen molar-refractivity contribution >= 4 is 11.8 Å². The summed E-state index contributed by atoms with van der Waals surface area (Å²) in [7, 11) is 1.49. The molecule has 0 fully saturated rings. The molecule has 0 bridgehead atoms. The summed E-state index contributed by atoms with van der Waals surface area (Å²) in [5, 5.41) is 12.0. The van der Waals surface area contributed by atoms with Crippen molar-refractivity contribution in [2.24, 2.45) is 5.41 Å². The van der Waals surface area contributed by atoms with Crippen molar-refractivity contribution in [3.63, 3.8) is 0 Å². The average Bonchev–Trinajstić information content (AvgIpc) is 2.86. The molecule has 4 heteroatoms. The molecule has 30 heavy (non-hydrogen) atoms. The predicted molar refractivity (Wildman–Crippen MR) is 124 cm³/mol. The van der Waals surface area contributed by atoms with E-state index >= 15 is 0 Å². The van der Waals surface area contributed by atoms with Gasteiger partial charge in [0.25, 0.3) is 0 Å². The molecule has 0 unspecified atom stereocenters. The molecule has 2 aromatic rings. The number of unbranched alkanes of at least 4 members (excludes halogenated alkanes) is 2. The summed E-state index contributed by atoms with van der Waals surface area (Å²) in [4.78, 5) is 1.22. The van der Waals surface area contributed by atoms with Crippen molar-refractivity contribution in [3.05, 3.63) is 58.9 Å². The van der Waals surface area contributed by atoms with Gasteiger partial charge in [-0.25, -0.2) is 4.39 Å². The first-order chi connectivity index (χ1) is 14.5. The molecule has 2 aromatic carbocycles. The van der Waals surface area contributed by atoms with Crippen LogP contribution in [0.3, 0.4) is 0 Å². The Bertz CT molecular complexity index is 843. The quantitative estimate of drug-likeness (QED) is 0.484. The lowest BCUT2D eigenvalue weighted by Gasteiger charge is -2.40. The Morgan fingerprint density at radius 1 is 1.10 bits per heavy atom. The van der Waals surface area contributed by atoms with Crippen molar-refractivity contribution < 1.29 is 14.2 Å². The number of aryl methyl sites for hydroxylation is 1. The number of hydrogen-bond acceptors (Lipinski definition) is 3. The van der Waals surface area contributed by atoms with E-state index in [0.29, 0.717) is 0 Å². The largest absolute Gasteiger partial charge is 0.494 e. The molecule has 164 valence electrons. The van der Waals surface area contributed by atoms with Gasteiger partial charge >= 0.3 is 0 Å². The second kappa shape index (κ2) is 10.2. The van der Waals surface area contributed by atoms with Gasteiger partial charge in [0.2, 0.25) is 0 Å². The first-order valence-electron chi connectivity index (χ1n) is 11.2. The number of aliphatic hydroxyl groups excluding tert-OH is 1. The highest BCUT2D eigenvalue weighted by Gasteiger charge is 2.45. The zero-order valence-corrected chi connectivity index (χ0v) is 19.5. The van der Waals surface area contributed by atoms with E-state index in [1.165, 1.54) is 23.6 Å². The maximum Gasteiger partial charge on any atom is 0.165 e. The van der Waals surface area contributed by atoms with Crippen LogP contribution in [0.2, 0.25) is 0 Å². The summed E-state index contributed by atoms with van der Waals surface area (Å²) < 4.78 is 19.4. The monoisotopic (exact) mass is 430 g/mol. The summed E-state index contributed by atoms with van der Waals surface area (Å²) in [6.45, 7) is 6.51. The van der Waals surface area contributed by atoms with Gasteiger partial charge < -0.3 is 9.84 Å². The van der Waals surface area contributed by atoms with E-state index in [4.69, 9.17) is 4.74 Å². The van der Waals surface area contributed by atoms with Crippen LogP contribution < -0.4 is 4.74 Å². The number of hydrogen-bond donors (Lipinski definition) is 1. The number of methoxy groups -OCH3 is 1. The van der Waals surface area contributed by atoms with Crippen molar-refractivity contribution in [1.82, 2.24) is 0 Å². The summed E-state index contributed by atoms with van der Waals surface area (Å²) >= 11 is 1.88. The summed E-state index contributed by atoms with van der Waals surface area (Å²) in [6.07, 6.45) is 5.95. The molecule has 0 spiro atoms.